The van der Waals surface area contributed by atoms with Gasteiger partial charge in [-0.2, -0.15) is 9.36 Å². The Morgan fingerprint density at radius 2 is 1.83 bits per heavy atom. The van der Waals surface area contributed by atoms with Crippen molar-refractivity contribution in [2.75, 3.05) is 13.1 Å². The van der Waals surface area contributed by atoms with Gasteiger partial charge < -0.3 is 9.64 Å². The zero-order valence-electron chi connectivity index (χ0n) is 13.1. The van der Waals surface area contributed by atoms with Crippen LogP contribution in [0.3, 0.4) is 0 Å². The van der Waals surface area contributed by atoms with E-state index in [1.807, 2.05) is 32.0 Å². The third kappa shape index (κ3) is 3.31. The molecule has 0 aliphatic carbocycles. The quantitative estimate of drug-likeness (QED) is 0.800. The standard InChI is InChI=1S/C15H19N5O3/c1-11-8-18(9-12(2)23-11)14(21)10-19-15(22)20(17-16-19)13-6-4-3-5-7-13/h3-7,11-12H,8-10H2,1-2H3/t11-,12-/m1/s1. The fourth-order valence-electron chi connectivity index (χ4n) is 2.71. The van der Waals surface area contributed by atoms with Crippen LogP contribution in [0, 0.1) is 0 Å². The second-order valence-electron chi connectivity index (χ2n) is 5.72. The monoisotopic (exact) mass is 317 g/mol. The summed E-state index contributed by atoms with van der Waals surface area (Å²) >= 11 is 0. The molecule has 2 heterocycles. The molecule has 0 spiro atoms. The molecule has 1 aliphatic rings. The van der Waals surface area contributed by atoms with Crippen molar-refractivity contribution < 1.29 is 9.53 Å². The second kappa shape index (κ2) is 6.33. The zero-order valence-corrected chi connectivity index (χ0v) is 13.1. The first-order chi connectivity index (χ1) is 11.0. The van der Waals surface area contributed by atoms with E-state index in [-0.39, 0.29) is 24.7 Å². The van der Waals surface area contributed by atoms with E-state index in [0.717, 1.165) is 4.68 Å². The van der Waals surface area contributed by atoms with Crippen molar-refractivity contribution in [2.45, 2.75) is 32.6 Å². The number of ether oxygens (including phenoxy) is 1. The Bertz CT molecular complexity index is 729. The molecule has 0 saturated carbocycles. The lowest BCUT2D eigenvalue weighted by Crippen LogP contribution is -2.49. The van der Waals surface area contributed by atoms with Crippen molar-refractivity contribution in [3.05, 3.63) is 40.8 Å². The van der Waals surface area contributed by atoms with Crippen LogP contribution in [0.25, 0.3) is 5.69 Å². The van der Waals surface area contributed by atoms with E-state index < -0.39 is 5.69 Å². The maximum atomic E-state index is 12.4. The van der Waals surface area contributed by atoms with Crippen LogP contribution in [0.5, 0.6) is 0 Å². The number of benzene rings is 1. The van der Waals surface area contributed by atoms with Gasteiger partial charge in [0.2, 0.25) is 5.91 Å². The maximum Gasteiger partial charge on any atom is 0.368 e. The molecular formula is C15H19N5O3. The molecule has 0 unspecified atom stereocenters. The molecule has 0 bridgehead atoms. The highest BCUT2D eigenvalue weighted by Gasteiger charge is 2.26. The smallest absolute Gasteiger partial charge is 0.368 e. The molecular weight excluding hydrogens is 298 g/mol. The summed E-state index contributed by atoms with van der Waals surface area (Å²) in [5.74, 6) is -0.158. The van der Waals surface area contributed by atoms with Crippen LogP contribution >= 0.6 is 0 Å². The van der Waals surface area contributed by atoms with Gasteiger partial charge >= 0.3 is 5.69 Å². The number of morpholine rings is 1. The summed E-state index contributed by atoms with van der Waals surface area (Å²) in [6.45, 7) is 4.77. The van der Waals surface area contributed by atoms with Crippen molar-refractivity contribution in [1.29, 1.82) is 0 Å². The van der Waals surface area contributed by atoms with Gasteiger partial charge in [-0.15, -0.1) is 0 Å². The molecule has 122 valence electrons. The van der Waals surface area contributed by atoms with E-state index in [1.54, 1.807) is 17.0 Å². The van der Waals surface area contributed by atoms with E-state index in [4.69, 9.17) is 4.74 Å². The number of para-hydroxylation sites is 1. The Morgan fingerprint density at radius 1 is 1.17 bits per heavy atom. The number of amides is 1. The minimum Gasteiger partial charge on any atom is -0.372 e. The molecule has 1 fully saturated rings. The van der Waals surface area contributed by atoms with Crippen molar-refractivity contribution in [2.24, 2.45) is 0 Å². The van der Waals surface area contributed by atoms with Crippen LogP contribution in [-0.2, 0) is 16.1 Å². The van der Waals surface area contributed by atoms with Crippen LogP contribution in [0.1, 0.15) is 13.8 Å². The molecule has 1 aromatic carbocycles. The highest BCUT2D eigenvalue weighted by atomic mass is 16.5. The number of nitrogens with zero attached hydrogens (tertiary/aromatic N) is 5. The zero-order chi connectivity index (χ0) is 16.4. The fraction of sp³-hybridized carbons (Fsp3) is 0.467. The Kier molecular flexibility index (Phi) is 4.24. The minimum absolute atomic E-state index is 0.0144. The molecule has 23 heavy (non-hydrogen) atoms. The van der Waals surface area contributed by atoms with Crippen molar-refractivity contribution in [1.82, 2.24) is 24.7 Å². The number of rotatable bonds is 3. The highest BCUT2D eigenvalue weighted by Crippen LogP contribution is 2.11. The largest absolute Gasteiger partial charge is 0.372 e. The molecule has 0 radical (unpaired) electrons. The first kappa shape index (κ1) is 15.4. The first-order valence-corrected chi connectivity index (χ1v) is 7.56. The molecule has 8 heteroatoms. The van der Waals surface area contributed by atoms with Crippen molar-refractivity contribution in [3.63, 3.8) is 0 Å². The summed E-state index contributed by atoms with van der Waals surface area (Å²) in [7, 11) is 0. The van der Waals surface area contributed by atoms with Gasteiger partial charge in [0.15, 0.2) is 0 Å². The van der Waals surface area contributed by atoms with Gasteiger partial charge in [0.25, 0.3) is 0 Å². The lowest BCUT2D eigenvalue weighted by atomic mass is 10.2. The van der Waals surface area contributed by atoms with Crippen LogP contribution in [0.4, 0.5) is 0 Å². The highest BCUT2D eigenvalue weighted by molar-refractivity contribution is 5.76. The van der Waals surface area contributed by atoms with Gasteiger partial charge in [-0.25, -0.2) is 4.79 Å². The fourth-order valence-corrected chi connectivity index (χ4v) is 2.71. The van der Waals surface area contributed by atoms with Gasteiger partial charge in [-0.3, -0.25) is 4.79 Å². The third-order valence-corrected chi connectivity index (χ3v) is 3.70. The van der Waals surface area contributed by atoms with E-state index >= 15 is 0 Å². The average molecular weight is 317 g/mol. The van der Waals surface area contributed by atoms with Crippen LogP contribution < -0.4 is 5.69 Å². The third-order valence-electron chi connectivity index (χ3n) is 3.70. The number of carbonyl (C=O) groups excluding carboxylic acids is 1. The second-order valence-corrected chi connectivity index (χ2v) is 5.72. The molecule has 8 nitrogen and oxygen atoms in total. The predicted molar refractivity (Wildman–Crippen MR) is 82.2 cm³/mol. The molecule has 1 aromatic heterocycles. The van der Waals surface area contributed by atoms with Crippen molar-refractivity contribution in [3.8, 4) is 5.69 Å². The Labute approximate surface area is 133 Å². The molecule has 2 aromatic rings. The molecule has 0 N–H and O–H groups in total. The Balaban J connectivity index is 1.75. The van der Waals surface area contributed by atoms with E-state index in [1.165, 1.54) is 4.68 Å². The Hall–Kier alpha value is -2.48. The van der Waals surface area contributed by atoms with Crippen LogP contribution in [0.2, 0.25) is 0 Å². The number of carbonyl (C=O) groups is 1. The van der Waals surface area contributed by atoms with Gasteiger partial charge in [-0.05, 0) is 36.4 Å². The van der Waals surface area contributed by atoms with Gasteiger partial charge in [0, 0.05) is 13.1 Å². The lowest BCUT2D eigenvalue weighted by molar-refractivity contribution is -0.144. The number of tetrazole rings is 1. The molecule has 1 saturated heterocycles. The summed E-state index contributed by atoms with van der Waals surface area (Å²) in [5, 5.41) is 7.64. The molecule has 3 rings (SSSR count). The predicted octanol–water partition coefficient (Wildman–Crippen LogP) is 0.0648. The van der Waals surface area contributed by atoms with Gasteiger partial charge in [0.1, 0.15) is 6.54 Å². The molecule has 1 amide bonds. The van der Waals surface area contributed by atoms with Gasteiger partial charge in [-0.1, -0.05) is 18.2 Å². The summed E-state index contributed by atoms with van der Waals surface area (Å²) in [6, 6.07) is 8.98. The van der Waals surface area contributed by atoms with Gasteiger partial charge in [0.05, 0.1) is 17.9 Å². The molecule has 1 aliphatic heterocycles. The topological polar surface area (TPSA) is 82.3 Å². The lowest BCUT2D eigenvalue weighted by Gasteiger charge is -2.35. The number of hydrogen-bond acceptors (Lipinski definition) is 5. The number of aromatic nitrogens is 4. The first-order valence-electron chi connectivity index (χ1n) is 7.56. The minimum atomic E-state index is -0.432. The van der Waals surface area contributed by atoms with E-state index in [2.05, 4.69) is 10.4 Å². The average Bonchev–Trinajstić information content (AvgIpc) is 2.88. The normalized spacial score (nSPS) is 21.4. The summed E-state index contributed by atoms with van der Waals surface area (Å²) < 4.78 is 7.87. The Morgan fingerprint density at radius 3 is 2.48 bits per heavy atom. The van der Waals surface area contributed by atoms with Crippen LogP contribution in [-0.4, -0.2) is 55.9 Å². The van der Waals surface area contributed by atoms with E-state index in [0.29, 0.717) is 18.8 Å². The van der Waals surface area contributed by atoms with Crippen molar-refractivity contribution >= 4 is 5.91 Å². The molecule has 2 atom stereocenters. The summed E-state index contributed by atoms with van der Waals surface area (Å²) in [4.78, 5) is 26.4. The maximum absolute atomic E-state index is 12.4. The van der Waals surface area contributed by atoms with Crippen LogP contribution in [0.15, 0.2) is 35.1 Å². The SMILES string of the molecule is C[C@@H]1CN(C(=O)Cn2nnn(-c3ccccc3)c2=O)C[C@@H](C)O1. The summed E-state index contributed by atoms with van der Waals surface area (Å²) in [6.07, 6.45) is -0.0288. The summed E-state index contributed by atoms with van der Waals surface area (Å²) in [5.41, 5.74) is 0.184. The van der Waals surface area contributed by atoms with E-state index in [9.17, 15) is 9.59 Å². The number of hydrogen-bond donors (Lipinski definition) is 0.